The summed E-state index contributed by atoms with van der Waals surface area (Å²) >= 11 is 0. The van der Waals surface area contributed by atoms with Crippen LogP contribution in [0.15, 0.2) is 24.3 Å². The number of nitrogens with one attached hydrogen (secondary N) is 3. The first-order valence-corrected chi connectivity index (χ1v) is 14.8. The SMILES string of the molecule is COc1ccc(C(O)C(NC(=O)C(C)NC(=O)CN2CCOCC2)C(=O)NC(CC2CCCC2)C(=O)C2(C)CO2)cc1. The molecule has 5 unspecified atom stereocenters. The zero-order valence-electron chi connectivity index (χ0n) is 24.7. The smallest absolute Gasteiger partial charge is 0.246 e. The second kappa shape index (κ2) is 14.4. The zero-order valence-corrected chi connectivity index (χ0v) is 24.7. The van der Waals surface area contributed by atoms with Gasteiger partial charge in [-0.1, -0.05) is 37.8 Å². The Hall–Kier alpha value is -3.06. The molecular weight excluding hydrogens is 544 g/mol. The van der Waals surface area contributed by atoms with Gasteiger partial charge in [-0.15, -0.1) is 0 Å². The zero-order chi connectivity index (χ0) is 30.3. The fourth-order valence-corrected chi connectivity index (χ4v) is 5.57. The Morgan fingerprint density at radius 3 is 2.29 bits per heavy atom. The molecule has 3 fully saturated rings. The normalized spacial score (nSPS) is 23.7. The van der Waals surface area contributed by atoms with E-state index in [1.54, 1.807) is 31.2 Å². The van der Waals surface area contributed by atoms with Crippen LogP contribution in [-0.2, 0) is 28.7 Å². The standard InChI is InChI=1S/C30H44N4O8/c1-19(31-24(35)17-34-12-14-41-15-13-34)28(38)33-25(26(36)21-8-10-22(40-3)11-9-21)29(39)32-23(16-20-6-4-5-7-20)27(37)30(2)18-42-30/h8-11,19-20,23,25-26,36H,4-7,12-18H2,1-3H3,(H,31,35)(H,32,39)(H,33,38). The molecule has 12 nitrogen and oxygen atoms in total. The molecule has 1 aromatic carbocycles. The van der Waals surface area contributed by atoms with Gasteiger partial charge in [-0.3, -0.25) is 24.1 Å². The maximum absolute atomic E-state index is 13.8. The molecule has 1 aliphatic carbocycles. The van der Waals surface area contributed by atoms with Crippen LogP contribution in [0.25, 0.3) is 0 Å². The van der Waals surface area contributed by atoms with Crippen LogP contribution in [0.1, 0.15) is 57.6 Å². The van der Waals surface area contributed by atoms with Gasteiger partial charge in [0.05, 0.1) is 39.5 Å². The molecule has 0 bridgehead atoms. The molecular formula is C30H44N4O8. The van der Waals surface area contributed by atoms with Crippen LogP contribution in [0.5, 0.6) is 5.75 Å². The molecule has 2 heterocycles. The Bertz CT molecular complexity index is 1100. The number of amides is 3. The highest BCUT2D eigenvalue weighted by Crippen LogP contribution is 2.33. The third-order valence-electron chi connectivity index (χ3n) is 8.37. The number of epoxide rings is 1. The van der Waals surface area contributed by atoms with E-state index in [9.17, 15) is 24.3 Å². The van der Waals surface area contributed by atoms with Crippen molar-refractivity contribution in [2.45, 2.75) is 75.8 Å². The fourth-order valence-electron chi connectivity index (χ4n) is 5.57. The highest BCUT2D eigenvalue weighted by atomic mass is 16.6. The lowest BCUT2D eigenvalue weighted by Gasteiger charge is -2.29. The highest BCUT2D eigenvalue weighted by Gasteiger charge is 2.50. The summed E-state index contributed by atoms with van der Waals surface area (Å²) in [7, 11) is 1.52. The third kappa shape index (κ3) is 8.50. The molecule has 2 aliphatic heterocycles. The predicted octanol–water partition coefficient (Wildman–Crippen LogP) is 0.473. The maximum atomic E-state index is 13.8. The molecule has 1 saturated carbocycles. The number of rotatable bonds is 14. The van der Waals surface area contributed by atoms with Crippen molar-refractivity contribution in [3.8, 4) is 5.75 Å². The first kappa shape index (κ1) is 31.9. The number of ketones is 1. The Morgan fingerprint density at radius 2 is 1.69 bits per heavy atom. The summed E-state index contributed by atoms with van der Waals surface area (Å²) in [6.45, 7) is 5.95. The van der Waals surface area contributed by atoms with Gasteiger partial charge >= 0.3 is 0 Å². The Labute approximate surface area is 246 Å². The van der Waals surface area contributed by atoms with E-state index in [-0.39, 0.29) is 18.2 Å². The van der Waals surface area contributed by atoms with Gasteiger partial charge in [0.1, 0.15) is 29.5 Å². The van der Waals surface area contributed by atoms with E-state index in [0.29, 0.717) is 56.6 Å². The molecule has 3 aliphatic rings. The van der Waals surface area contributed by atoms with E-state index >= 15 is 0 Å². The Kier molecular flexibility index (Phi) is 10.9. The number of aliphatic hydroxyl groups excluding tert-OH is 1. The number of hydrogen-bond acceptors (Lipinski definition) is 9. The van der Waals surface area contributed by atoms with Crippen molar-refractivity contribution >= 4 is 23.5 Å². The Balaban J connectivity index is 1.47. The summed E-state index contributed by atoms with van der Waals surface area (Å²) in [6.07, 6.45) is 3.15. The van der Waals surface area contributed by atoms with Crippen molar-refractivity contribution < 1.29 is 38.5 Å². The largest absolute Gasteiger partial charge is 0.497 e. The lowest BCUT2D eigenvalue weighted by molar-refractivity contribution is -0.136. The molecule has 4 rings (SSSR count). The monoisotopic (exact) mass is 588 g/mol. The first-order chi connectivity index (χ1) is 20.1. The number of ether oxygens (including phenoxy) is 3. The van der Waals surface area contributed by atoms with E-state index in [1.807, 2.05) is 4.90 Å². The predicted molar refractivity (Wildman–Crippen MR) is 153 cm³/mol. The van der Waals surface area contributed by atoms with Crippen molar-refractivity contribution in [2.24, 2.45) is 5.92 Å². The molecule has 232 valence electrons. The minimum Gasteiger partial charge on any atom is -0.497 e. The number of hydrogen-bond donors (Lipinski definition) is 4. The number of nitrogens with zero attached hydrogens (tertiary/aromatic N) is 1. The first-order valence-electron chi connectivity index (χ1n) is 14.8. The molecule has 3 amide bonds. The van der Waals surface area contributed by atoms with Crippen LogP contribution in [0, 0.1) is 5.92 Å². The van der Waals surface area contributed by atoms with Gasteiger partial charge in [-0.2, -0.15) is 0 Å². The van der Waals surface area contributed by atoms with Crippen LogP contribution in [0.3, 0.4) is 0 Å². The lowest BCUT2D eigenvalue weighted by Crippen LogP contribution is -2.58. The topological polar surface area (TPSA) is 159 Å². The second-order valence-electron chi connectivity index (χ2n) is 11.7. The van der Waals surface area contributed by atoms with Crippen molar-refractivity contribution in [3.05, 3.63) is 29.8 Å². The van der Waals surface area contributed by atoms with Crippen LogP contribution < -0.4 is 20.7 Å². The molecule has 4 N–H and O–H groups in total. The number of carbonyl (C=O) groups excluding carboxylic acids is 4. The van der Waals surface area contributed by atoms with E-state index < -0.39 is 41.6 Å². The van der Waals surface area contributed by atoms with E-state index in [0.717, 1.165) is 25.7 Å². The van der Waals surface area contributed by atoms with Gasteiger partial charge in [-0.05, 0) is 43.9 Å². The molecule has 2 saturated heterocycles. The van der Waals surface area contributed by atoms with Crippen molar-refractivity contribution in [1.82, 2.24) is 20.9 Å². The minimum atomic E-state index is -1.44. The molecule has 1 aromatic rings. The number of Topliss-reactive ketones (excluding diaryl/α,β-unsaturated/α-hetero) is 1. The summed E-state index contributed by atoms with van der Waals surface area (Å²) in [6, 6.07) is 3.25. The van der Waals surface area contributed by atoms with Gasteiger partial charge in [0, 0.05) is 13.1 Å². The molecule has 12 heteroatoms. The summed E-state index contributed by atoms with van der Waals surface area (Å²) in [5.41, 5.74) is -0.570. The van der Waals surface area contributed by atoms with E-state index in [4.69, 9.17) is 14.2 Å². The summed E-state index contributed by atoms with van der Waals surface area (Å²) < 4.78 is 15.9. The van der Waals surface area contributed by atoms with Crippen LogP contribution in [0.4, 0.5) is 0 Å². The fraction of sp³-hybridized carbons (Fsp3) is 0.667. The third-order valence-corrected chi connectivity index (χ3v) is 8.37. The summed E-state index contributed by atoms with van der Waals surface area (Å²) in [5.74, 6) is -1.03. The summed E-state index contributed by atoms with van der Waals surface area (Å²) in [5, 5.41) is 19.4. The molecule has 0 aromatic heterocycles. The average Bonchev–Trinajstić information content (AvgIpc) is 3.53. The van der Waals surface area contributed by atoms with Crippen LogP contribution in [-0.4, -0.2) is 104 Å². The molecule has 5 atom stereocenters. The van der Waals surface area contributed by atoms with E-state index in [2.05, 4.69) is 16.0 Å². The van der Waals surface area contributed by atoms with Crippen molar-refractivity contribution in [1.29, 1.82) is 0 Å². The van der Waals surface area contributed by atoms with Gasteiger partial charge in [0.15, 0.2) is 5.78 Å². The van der Waals surface area contributed by atoms with Gasteiger partial charge < -0.3 is 35.3 Å². The number of morpholine rings is 1. The number of aliphatic hydroxyl groups is 1. The Morgan fingerprint density at radius 1 is 1.05 bits per heavy atom. The molecule has 42 heavy (non-hydrogen) atoms. The average molecular weight is 589 g/mol. The van der Waals surface area contributed by atoms with Crippen LogP contribution in [0.2, 0.25) is 0 Å². The molecule has 0 spiro atoms. The quantitative estimate of drug-likeness (QED) is 0.227. The number of methoxy groups -OCH3 is 1. The van der Waals surface area contributed by atoms with Gasteiger partial charge in [-0.25, -0.2) is 0 Å². The number of carbonyl (C=O) groups is 4. The second-order valence-corrected chi connectivity index (χ2v) is 11.7. The van der Waals surface area contributed by atoms with E-state index in [1.165, 1.54) is 14.0 Å². The van der Waals surface area contributed by atoms with Crippen LogP contribution >= 0.6 is 0 Å². The van der Waals surface area contributed by atoms with Crippen molar-refractivity contribution in [3.63, 3.8) is 0 Å². The van der Waals surface area contributed by atoms with Gasteiger partial charge in [0.2, 0.25) is 17.7 Å². The maximum Gasteiger partial charge on any atom is 0.246 e. The van der Waals surface area contributed by atoms with Crippen molar-refractivity contribution in [2.75, 3.05) is 46.6 Å². The minimum absolute atomic E-state index is 0.116. The lowest BCUT2D eigenvalue weighted by atomic mass is 9.90. The highest BCUT2D eigenvalue weighted by molar-refractivity contribution is 5.98. The van der Waals surface area contributed by atoms with Gasteiger partial charge in [0.25, 0.3) is 0 Å². The number of benzene rings is 1. The summed E-state index contributed by atoms with van der Waals surface area (Å²) in [4.78, 5) is 54.8. The molecule has 0 radical (unpaired) electrons.